The predicted octanol–water partition coefficient (Wildman–Crippen LogP) is 5.22. The van der Waals surface area contributed by atoms with Crippen molar-refractivity contribution in [3.05, 3.63) is 71.6 Å². The molecule has 2 fully saturated rings. The van der Waals surface area contributed by atoms with Crippen LogP contribution in [0.5, 0.6) is 0 Å². The van der Waals surface area contributed by atoms with Gasteiger partial charge in [0.05, 0.1) is 22.5 Å². The van der Waals surface area contributed by atoms with Crippen LogP contribution in [0.25, 0.3) is 11.0 Å². The van der Waals surface area contributed by atoms with Crippen LogP contribution in [0.3, 0.4) is 0 Å². The Labute approximate surface area is 234 Å². The molecule has 206 valence electrons. The van der Waals surface area contributed by atoms with Gasteiger partial charge in [-0.3, -0.25) is 4.79 Å². The Kier molecular flexibility index (Phi) is 7.11. The van der Waals surface area contributed by atoms with E-state index in [1.54, 1.807) is 6.33 Å². The lowest BCUT2D eigenvalue weighted by molar-refractivity contribution is 0.102. The molecule has 0 bridgehead atoms. The largest absolute Gasteiger partial charge is 0.360 e. The van der Waals surface area contributed by atoms with E-state index in [0.29, 0.717) is 42.2 Å². The first-order valence-corrected chi connectivity index (χ1v) is 14.3. The molecule has 0 aliphatic heterocycles. The molecule has 0 radical (unpaired) electrons. The molecule has 2 aliphatic rings. The fraction of sp³-hybridized carbons (Fsp3) is 0.452. The van der Waals surface area contributed by atoms with Crippen LogP contribution >= 0.6 is 0 Å². The summed E-state index contributed by atoms with van der Waals surface area (Å²) in [7, 11) is 1.95. The zero-order valence-corrected chi connectivity index (χ0v) is 23.2. The maximum absolute atomic E-state index is 13.5. The highest BCUT2D eigenvalue weighted by Gasteiger charge is 2.49. The van der Waals surface area contributed by atoms with E-state index in [1.165, 1.54) is 25.7 Å². The highest BCUT2D eigenvalue weighted by atomic mass is 16.1. The summed E-state index contributed by atoms with van der Waals surface area (Å²) in [6.45, 7) is 2.94. The van der Waals surface area contributed by atoms with Crippen molar-refractivity contribution < 1.29 is 4.79 Å². The summed E-state index contributed by atoms with van der Waals surface area (Å²) in [5, 5.41) is 24.5. The number of fused-ring (bicyclic) bond motifs is 1. The molecule has 4 aromatic rings. The summed E-state index contributed by atoms with van der Waals surface area (Å²) in [6, 6.07) is 14.5. The molecular formula is C31H36N8O. The summed E-state index contributed by atoms with van der Waals surface area (Å²) >= 11 is 0. The third-order valence-electron chi connectivity index (χ3n) is 9.02. The number of benzene rings is 1. The van der Waals surface area contributed by atoms with Gasteiger partial charge in [-0.2, -0.15) is 5.26 Å². The van der Waals surface area contributed by atoms with Crippen LogP contribution in [0.15, 0.2) is 48.9 Å². The Hall–Kier alpha value is -4.03. The van der Waals surface area contributed by atoms with Crippen molar-refractivity contribution in [3.8, 4) is 6.07 Å². The molecule has 6 rings (SSSR count). The van der Waals surface area contributed by atoms with E-state index in [1.807, 2.05) is 48.1 Å². The summed E-state index contributed by atoms with van der Waals surface area (Å²) in [5.74, 6) is 1.68. The lowest BCUT2D eigenvalue weighted by Gasteiger charge is -2.46. The highest BCUT2D eigenvalue weighted by Crippen LogP contribution is 2.53. The number of aryl methyl sites for hydroxylation is 1. The van der Waals surface area contributed by atoms with Gasteiger partial charge in [0.15, 0.2) is 0 Å². The number of carbonyl (C=O) groups is 1. The first kappa shape index (κ1) is 26.2. The molecule has 9 heteroatoms. The number of amides is 1. The van der Waals surface area contributed by atoms with Crippen molar-refractivity contribution in [2.45, 2.75) is 69.9 Å². The van der Waals surface area contributed by atoms with Gasteiger partial charge in [-0.1, -0.05) is 25.0 Å². The molecule has 40 heavy (non-hydrogen) atoms. The highest BCUT2D eigenvalue weighted by molar-refractivity contribution is 6.04. The van der Waals surface area contributed by atoms with Crippen LogP contribution in [0.2, 0.25) is 0 Å². The molecule has 3 heterocycles. The first-order chi connectivity index (χ1) is 19.5. The maximum atomic E-state index is 13.5. The lowest BCUT2D eigenvalue weighted by atomic mass is 9.57. The topological polar surface area (TPSA) is 124 Å². The summed E-state index contributed by atoms with van der Waals surface area (Å²) in [4.78, 5) is 21.4. The van der Waals surface area contributed by atoms with Crippen molar-refractivity contribution in [1.82, 2.24) is 30.0 Å². The summed E-state index contributed by atoms with van der Waals surface area (Å²) in [6.07, 6.45) is 11.0. The Morgan fingerprint density at radius 1 is 1.25 bits per heavy atom. The Balaban J connectivity index is 1.23. The number of carbonyl (C=O) groups excluding carboxylic acids is 1. The predicted molar refractivity (Wildman–Crippen MR) is 153 cm³/mol. The Morgan fingerprint density at radius 2 is 2.08 bits per heavy atom. The van der Waals surface area contributed by atoms with Gasteiger partial charge >= 0.3 is 0 Å². The molecule has 0 saturated heterocycles. The minimum Gasteiger partial charge on any atom is -0.360 e. The SMILES string of the molecule is C[C@H](NCc1cc(C(=O)Nc2cccc(C3(c4nncn4C)CC(CC#N)C3)c2)nc2cc[nH]c12)C1CCCC1. The molecule has 3 aromatic heterocycles. The summed E-state index contributed by atoms with van der Waals surface area (Å²) in [5.41, 5.74) is 4.62. The Morgan fingerprint density at radius 3 is 2.83 bits per heavy atom. The molecule has 0 spiro atoms. The van der Waals surface area contributed by atoms with Gasteiger partial charge in [0.25, 0.3) is 5.91 Å². The van der Waals surface area contributed by atoms with Crippen LogP contribution in [-0.2, 0) is 19.0 Å². The second-order valence-electron chi connectivity index (χ2n) is 11.6. The monoisotopic (exact) mass is 536 g/mol. The minimum atomic E-state index is -0.329. The number of aromatic amines is 1. The number of nitrogens with one attached hydrogen (secondary N) is 3. The van der Waals surface area contributed by atoms with Crippen LogP contribution in [0.1, 0.15) is 79.3 Å². The van der Waals surface area contributed by atoms with E-state index in [0.717, 1.165) is 40.8 Å². The minimum absolute atomic E-state index is 0.242. The van der Waals surface area contributed by atoms with Crippen LogP contribution in [-0.4, -0.2) is 36.7 Å². The van der Waals surface area contributed by atoms with Gasteiger partial charge in [0.1, 0.15) is 17.8 Å². The van der Waals surface area contributed by atoms with Gasteiger partial charge in [-0.25, -0.2) is 4.98 Å². The van der Waals surface area contributed by atoms with Crippen LogP contribution in [0, 0.1) is 23.2 Å². The molecule has 2 aliphatic carbocycles. The van der Waals surface area contributed by atoms with Gasteiger partial charge in [0.2, 0.25) is 0 Å². The van der Waals surface area contributed by atoms with Crippen molar-refractivity contribution in [1.29, 1.82) is 5.26 Å². The number of hydrogen-bond acceptors (Lipinski definition) is 6. The van der Waals surface area contributed by atoms with Crippen molar-refractivity contribution in [2.75, 3.05) is 5.32 Å². The van der Waals surface area contributed by atoms with E-state index >= 15 is 0 Å². The average Bonchev–Trinajstić information content (AvgIpc) is 3.71. The third kappa shape index (κ3) is 4.88. The molecule has 1 aromatic carbocycles. The number of rotatable bonds is 9. The second kappa shape index (κ2) is 10.9. The maximum Gasteiger partial charge on any atom is 0.274 e. The fourth-order valence-corrected chi connectivity index (χ4v) is 6.81. The molecule has 2 saturated carbocycles. The lowest BCUT2D eigenvalue weighted by Crippen LogP contribution is -2.44. The molecular weight excluding hydrogens is 500 g/mol. The van der Waals surface area contributed by atoms with Gasteiger partial charge < -0.3 is 20.2 Å². The number of aromatic nitrogens is 5. The van der Waals surface area contributed by atoms with Crippen molar-refractivity contribution in [2.24, 2.45) is 18.9 Å². The zero-order chi connectivity index (χ0) is 27.7. The molecule has 0 unspecified atom stereocenters. The number of nitriles is 1. The van der Waals surface area contributed by atoms with E-state index < -0.39 is 0 Å². The quantitative estimate of drug-likeness (QED) is 0.269. The van der Waals surface area contributed by atoms with Gasteiger partial charge in [-0.15, -0.1) is 10.2 Å². The number of H-pyrrole nitrogens is 1. The third-order valence-corrected chi connectivity index (χ3v) is 9.02. The van der Waals surface area contributed by atoms with E-state index in [2.05, 4.69) is 49.9 Å². The number of hydrogen-bond donors (Lipinski definition) is 3. The van der Waals surface area contributed by atoms with Crippen LogP contribution < -0.4 is 10.6 Å². The molecule has 1 atom stereocenters. The van der Waals surface area contributed by atoms with E-state index in [-0.39, 0.29) is 11.3 Å². The zero-order valence-electron chi connectivity index (χ0n) is 23.2. The molecule has 1 amide bonds. The number of nitrogens with zero attached hydrogens (tertiary/aromatic N) is 5. The number of pyridine rings is 1. The van der Waals surface area contributed by atoms with E-state index in [9.17, 15) is 10.1 Å². The second-order valence-corrected chi connectivity index (χ2v) is 11.6. The normalized spacial score (nSPS) is 21.7. The van der Waals surface area contributed by atoms with Crippen molar-refractivity contribution >= 4 is 22.6 Å². The van der Waals surface area contributed by atoms with Gasteiger partial charge in [0, 0.05) is 37.9 Å². The number of anilines is 1. The molecule has 9 nitrogen and oxygen atoms in total. The van der Waals surface area contributed by atoms with Crippen LogP contribution in [0.4, 0.5) is 5.69 Å². The first-order valence-electron chi connectivity index (χ1n) is 14.3. The summed E-state index contributed by atoms with van der Waals surface area (Å²) < 4.78 is 1.95. The van der Waals surface area contributed by atoms with Crippen molar-refractivity contribution in [3.63, 3.8) is 0 Å². The average molecular weight is 537 g/mol. The van der Waals surface area contributed by atoms with E-state index in [4.69, 9.17) is 0 Å². The Bertz CT molecular complexity index is 1550. The fourth-order valence-electron chi connectivity index (χ4n) is 6.81. The standard InChI is InChI=1S/C31H36N8O/c1-20(22-6-3-4-7-22)34-18-23-14-27(37-26-11-13-33-28(23)26)29(40)36-25-9-5-8-24(15-25)31(16-21(17-31)10-12-32)30-38-35-19-39(30)2/h5,8-9,11,13-15,19-22,33-34H,3-4,6-7,10,16-18H2,1-2H3,(H,36,40)/t20-,21?,31?/m0/s1. The van der Waals surface area contributed by atoms with Gasteiger partial charge in [-0.05, 0) is 79.8 Å². The smallest absolute Gasteiger partial charge is 0.274 e. The molecule has 3 N–H and O–H groups in total.